The molecule has 1 aliphatic rings. The van der Waals surface area contributed by atoms with Crippen molar-refractivity contribution >= 4 is 33.3 Å². The summed E-state index contributed by atoms with van der Waals surface area (Å²) in [5.74, 6) is 1.34. The van der Waals surface area contributed by atoms with E-state index in [9.17, 15) is 4.79 Å². The van der Waals surface area contributed by atoms with Crippen LogP contribution in [-0.4, -0.2) is 15.1 Å². The van der Waals surface area contributed by atoms with Crippen LogP contribution in [0.1, 0.15) is 29.0 Å². The highest BCUT2D eigenvalue weighted by molar-refractivity contribution is 7.98. The first-order valence-corrected chi connectivity index (χ1v) is 10.8. The third-order valence-corrected chi connectivity index (χ3v) is 6.87. The SMILES string of the molecule is O=c1[nH]c(SCc2cc(-c3ccccc3)on2)nc2sc3c(c12)CCCC3. The van der Waals surface area contributed by atoms with Crippen molar-refractivity contribution in [1.82, 2.24) is 15.1 Å². The van der Waals surface area contributed by atoms with Crippen LogP contribution >= 0.6 is 23.1 Å². The summed E-state index contributed by atoms with van der Waals surface area (Å²) in [7, 11) is 0. The van der Waals surface area contributed by atoms with Gasteiger partial charge < -0.3 is 9.51 Å². The van der Waals surface area contributed by atoms with Crippen molar-refractivity contribution in [2.75, 3.05) is 0 Å². The maximum Gasteiger partial charge on any atom is 0.260 e. The van der Waals surface area contributed by atoms with Gasteiger partial charge in [0.25, 0.3) is 5.56 Å². The van der Waals surface area contributed by atoms with E-state index < -0.39 is 0 Å². The van der Waals surface area contributed by atoms with Crippen molar-refractivity contribution in [1.29, 1.82) is 0 Å². The van der Waals surface area contributed by atoms with Crippen LogP contribution in [0.2, 0.25) is 0 Å². The van der Waals surface area contributed by atoms with E-state index in [1.165, 1.54) is 28.6 Å². The van der Waals surface area contributed by atoms with Crippen LogP contribution in [-0.2, 0) is 18.6 Å². The molecule has 5 nitrogen and oxygen atoms in total. The normalized spacial score (nSPS) is 13.8. The van der Waals surface area contributed by atoms with Gasteiger partial charge in [0.2, 0.25) is 0 Å². The van der Waals surface area contributed by atoms with Crippen molar-refractivity contribution < 1.29 is 4.52 Å². The van der Waals surface area contributed by atoms with Gasteiger partial charge in [0.1, 0.15) is 4.83 Å². The van der Waals surface area contributed by atoms with Gasteiger partial charge in [-0.15, -0.1) is 11.3 Å². The Morgan fingerprint density at radius 2 is 2.04 bits per heavy atom. The minimum Gasteiger partial charge on any atom is -0.356 e. The Morgan fingerprint density at radius 1 is 1.19 bits per heavy atom. The van der Waals surface area contributed by atoms with Gasteiger partial charge in [-0.1, -0.05) is 47.3 Å². The van der Waals surface area contributed by atoms with E-state index in [1.54, 1.807) is 11.3 Å². The predicted molar refractivity (Wildman–Crippen MR) is 108 cm³/mol. The van der Waals surface area contributed by atoms with Gasteiger partial charge >= 0.3 is 0 Å². The van der Waals surface area contributed by atoms with E-state index >= 15 is 0 Å². The van der Waals surface area contributed by atoms with E-state index in [1.807, 2.05) is 36.4 Å². The minimum absolute atomic E-state index is 0.0213. The summed E-state index contributed by atoms with van der Waals surface area (Å²) < 4.78 is 5.43. The Hall–Kier alpha value is -2.38. The molecule has 0 spiro atoms. The van der Waals surface area contributed by atoms with Gasteiger partial charge in [0, 0.05) is 22.3 Å². The molecule has 1 aliphatic carbocycles. The van der Waals surface area contributed by atoms with Crippen LogP contribution in [0.4, 0.5) is 0 Å². The summed E-state index contributed by atoms with van der Waals surface area (Å²) in [6.45, 7) is 0. The fraction of sp³-hybridized carbons (Fsp3) is 0.250. The van der Waals surface area contributed by atoms with Gasteiger partial charge in [-0.2, -0.15) is 0 Å². The van der Waals surface area contributed by atoms with Crippen LogP contribution in [0.3, 0.4) is 0 Å². The number of thioether (sulfide) groups is 1. The zero-order valence-electron chi connectivity index (χ0n) is 14.5. The first kappa shape index (κ1) is 16.8. The average molecular weight is 396 g/mol. The molecule has 0 aliphatic heterocycles. The maximum atomic E-state index is 12.6. The quantitative estimate of drug-likeness (QED) is 0.396. The highest BCUT2D eigenvalue weighted by Crippen LogP contribution is 2.34. The molecule has 7 heteroatoms. The third kappa shape index (κ3) is 3.21. The second-order valence-electron chi connectivity index (χ2n) is 6.60. The molecule has 136 valence electrons. The standard InChI is InChI=1S/C20H17N3O2S2/c24-18-17-14-8-4-5-9-16(14)27-19(17)22-20(21-18)26-11-13-10-15(25-23-13)12-6-2-1-3-7-12/h1-3,6-7,10H,4-5,8-9,11H2,(H,21,22,24). The minimum atomic E-state index is -0.0213. The van der Waals surface area contributed by atoms with Crippen molar-refractivity contribution in [3.8, 4) is 11.3 Å². The molecule has 0 saturated heterocycles. The lowest BCUT2D eigenvalue weighted by Gasteiger charge is -2.09. The molecule has 0 fully saturated rings. The second kappa shape index (κ2) is 6.98. The fourth-order valence-electron chi connectivity index (χ4n) is 3.47. The molecule has 4 aromatic rings. The Morgan fingerprint density at radius 3 is 2.93 bits per heavy atom. The van der Waals surface area contributed by atoms with Gasteiger partial charge in [0.15, 0.2) is 10.9 Å². The van der Waals surface area contributed by atoms with Crippen LogP contribution in [0, 0.1) is 0 Å². The number of nitrogens with zero attached hydrogens (tertiary/aromatic N) is 2. The van der Waals surface area contributed by atoms with Gasteiger partial charge in [-0.3, -0.25) is 4.79 Å². The highest BCUT2D eigenvalue weighted by Gasteiger charge is 2.20. The van der Waals surface area contributed by atoms with E-state index in [0.717, 1.165) is 46.5 Å². The van der Waals surface area contributed by atoms with Crippen molar-refractivity contribution in [3.05, 3.63) is 62.9 Å². The largest absolute Gasteiger partial charge is 0.356 e. The van der Waals surface area contributed by atoms with Crippen LogP contribution in [0.15, 0.2) is 50.9 Å². The molecule has 0 atom stereocenters. The lowest BCUT2D eigenvalue weighted by Crippen LogP contribution is -2.10. The molecule has 1 N–H and O–H groups in total. The molecular formula is C20H17N3O2S2. The number of aromatic nitrogens is 3. The van der Waals surface area contributed by atoms with Gasteiger partial charge in [0.05, 0.1) is 11.1 Å². The summed E-state index contributed by atoms with van der Waals surface area (Å²) in [4.78, 5) is 22.4. The predicted octanol–water partition coefficient (Wildman–Crippen LogP) is 4.81. The van der Waals surface area contributed by atoms with Crippen LogP contribution < -0.4 is 5.56 Å². The summed E-state index contributed by atoms with van der Waals surface area (Å²) in [5, 5.41) is 5.56. The third-order valence-electron chi connectivity index (χ3n) is 4.78. The zero-order chi connectivity index (χ0) is 18.2. The Kier molecular flexibility index (Phi) is 4.33. The molecule has 0 saturated carbocycles. The number of H-pyrrole nitrogens is 1. The first-order valence-electron chi connectivity index (χ1n) is 8.96. The number of benzene rings is 1. The molecule has 27 heavy (non-hydrogen) atoms. The highest BCUT2D eigenvalue weighted by atomic mass is 32.2. The smallest absolute Gasteiger partial charge is 0.260 e. The second-order valence-corrected chi connectivity index (χ2v) is 8.65. The lowest BCUT2D eigenvalue weighted by molar-refractivity contribution is 0.426. The number of rotatable bonds is 4. The first-order chi connectivity index (χ1) is 13.3. The topological polar surface area (TPSA) is 71.8 Å². The Balaban J connectivity index is 1.38. The molecular weight excluding hydrogens is 378 g/mol. The Labute approximate surface area is 163 Å². The van der Waals surface area contributed by atoms with Crippen molar-refractivity contribution in [2.24, 2.45) is 0 Å². The van der Waals surface area contributed by atoms with Crippen molar-refractivity contribution in [2.45, 2.75) is 36.6 Å². The van der Waals surface area contributed by atoms with E-state index in [-0.39, 0.29) is 5.56 Å². The molecule has 0 amide bonds. The lowest BCUT2D eigenvalue weighted by atomic mass is 9.97. The molecule has 1 aromatic carbocycles. The van der Waals surface area contributed by atoms with Crippen LogP contribution in [0.5, 0.6) is 0 Å². The number of aromatic amines is 1. The Bertz CT molecular complexity index is 1160. The molecule has 0 bridgehead atoms. The number of nitrogens with one attached hydrogen (secondary N) is 1. The monoisotopic (exact) mass is 395 g/mol. The van der Waals surface area contributed by atoms with E-state index in [2.05, 4.69) is 15.1 Å². The molecule has 3 aromatic heterocycles. The van der Waals surface area contributed by atoms with E-state index in [4.69, 9.17) is 4.52 Å². The average Bonchev–Trinajstić information content (AvgIpc) is 3.31. The number of fused-ring (bicyclic) bond motifs is 3. The number of hydrogen-bond donors (Lipinski definition) is 1. The number of thiophene rings is 1. The van der Waals surface area contributed by atoms with E-state index in [0.29, 0.717) is 10.9 Å². The summed E-state index contributed by atoms with van der Waals surface area (Å²) in [6, 6.07) is 11.8. The molecule has 3 heterocycles. The molecule has 5 rings (SSSR count). The van der Waals surface area contributed by atoms with Gasteiger partial charge in [-0.25, -0.2) is 4.98 Å². The number of hydrogen-bond acceptors (Lipinski definition) is 6. The summed E-state index contributed by atoms with van der Waals surface area (Å²) in [5.41, 5.74) is 3.02. The fourth-order valence-corrected chi connectivity index (χ4v) is 5.53. The zero-order valence-corrected chi connectivity index (χ0v) is 16.2. The van der Waals surface area contributed by atoms with Crippen LogP contribution in [0.25, 0.3) is 21.5 Å². The van der Waals surface area contributed by atoms with Crippen molar-refractivity contribution in [3.63, 3.8) is 0 Å². The summed E-state index contributed by atoms with van der Waals surface area (Å²) >= 11 is 3.15. The molecule has 0 radical (unpaired) electrons. The van der Waals surface area contributed by atoms with Gasteiger partial charge in [-0.05, 0) is 31.2 Å². The summed E-state index contributed by atoms with van der Waals surface area (Å²) in [6.07, 6.45) is 4.42. The number of aryl methyl sites for hydroxylation is 2. The maximum absolute atomic E-state index is 12.6. The molecule has 0 unspecified atom stereocenters.